The van der Waals surface area contributed by atoms with Crippen molar-refractivity contribution in [2.24, 2.45) is 0 Å². The SMILES string of the molecule is CCCNC(=O)CNc1cc(F)cc([N+](=O)[O-])c1. The van der Waals surface area contributed by atoms with Gasteiger partial charge in [-0.25, -0.2) is 4.39 Å². The van der Waals surface area contributed by atoms with Gasteiger partial charge in [-0.05, 0) is 12.5 Å². The quantitative estimate of drug-likeness (QED) is 0.598. The number of nitrogens with one attached hydrogen (secondary N) is 2. The van der Waals surface area contributed by atoms with Gasteiger partial charge in [-0.3, -0.25) is 14.9 Å². The summed E-state index contributed by atoms with van der Waals surface area (Å²) in [6.45, 7) is 2.42. The fourth-order valence-electron chi connectivity index (χ4n) is 1.29. The van der Waals surface area contributed by atoms with Crippen LogP contribution in [0.5, 0.6) is 0 Å². The van der Waals surface area contributed by atoms with Crippen molar-refractivity contribution in [3.63, 3.8) is 0 Å². The summed E-state index contributed by atoms with van der Waals surface area (Å²) in [7, 11) is 0. The number of amides is 1. The number of nitro groups is 1. The number of nitro benzene ring substituents is 1. The van der Waals surface area contributed by atoms with Crippen molar-refractivity contribution in [3.05, 3.63) is 34.1 Å². The van der Waals surface area contributed by atoms with E-state index in [0.717, 1.165) is 18.6 Å². The Morgan fingerprint density at radius 3 is 2.78 bits per heavy atom. The summed E-state index contributed by atoms with van der Waals surface area (Å²) in [5.74, 6) is -0.968. The molecule has 7 heteroatoms. The lowest BCUT2D eigenvalue weighted by molar-refractivity contribution is -0.385. The largest absolute Gasteiger partial charge is 0.376 e. The Hall–Kier alpha value is -2.18. The number of hydrogen-bond donors (Lipinski definition) is 2. The Kier molecular flexibility index (Phi) is 5.04. The Balaban J connectivity index is 2.62. The molecule has 0 aliphatic carbocycles. The topological polar surface area (TPSA) is 84.3 Å². The van der Waals surface area contributed by atoms with Gasteiger partial charge in [0.25, 0.3) is 5.69 Å². The molecule has 1 amide bonds. The number of non-ortho nitro benzene ring substituents is 1. The highest BCUT2D eigenvalue weighted by Gasteiger charge is 2.10. The lowest BCUT2D eigenvalue weighted by atomic mass is 10.2. The van der Waals surface area contributed by atoms with Gasteiger partial charge in [0.2, 0.25) is 5.91 Å². The maximum Gasteiger partial charge on any atom is 0.274 e. The zero-order valence-electron chi connectivity index (χ0n) is 9.90. The number of halogens is 1. The van der Waals surface area contributed by atoms with Crippen molar-refractivity contribution in [2.45, 2.75) is 13.3 Å². The number of carbonyl (C=O) groups excluding carboxylic acids is 1. The minimum absolute atomic E-state index is 0.0550. The molecule has 0 radical (unpaired) electrons. The second-order valence-corrected chi connectivity index (χ2v) is 3.66. The molecule has 0 fully saturated rings. The molecule has 18 heavy (non-hydrogen) atoms. The lowest BCUT2D eigenvalue weighted by Crippen LogP contribution is -2.30. The fourth-order valence-corrected chi connectivity index (χ4v) is 1.29. The summed E-state index contributed by atoms with van der Waals surface area (Å²) < 4.78 is 13.1. The number of carbonyl (C=O) groups is 1. The molecule has 1 aromatic carbocycles. The van der Waals surface area contributed by atoms with Crippen LogP contribution in [0.25, 0.3) is 0 Å². The molecule has 0 aliphatic heterocycles. The molecule has 0 heterocycles. The Bertz CT molecular complexity index is 451. The molecule has 1 aromatic rings. The zero-order chi connectivity index (χ0) is 13.5. The van der Waals surface area contributed by atoms with Gasteiger partial charge in [-0.2, -0.15) is 0 Å². The number of anilines is 1. The molecule has 6 nitrogen and oxygen atoms in total. The highest BCUT2D eigenvalue weighted by atomic mass is 19.1. The van der Waals surface area contributed by atoms with E-state index in [1.165, 1.54) is 6.07 Å². The summed E-state index contributed by atoms with van der Waals surface area (Å²) in [4.78, 5) is 21.1. The molecule has 0 atom stereocenters. The average molecular weight is 255 g/mol. The Morgan fingerprint density at radius 1 is 1.44 bits per heavy atom. The number of hydrogen-bond acceptors (Lipinski definition) is 4. The van der Waals surface area contributed by atoms with Crippen LogP contribution in [0.4, 0.5) is 15.8 Å². The van der Waals surface area contributed by atoms with E-state index in [2.05, 4.69) is 10.6 Å². The lowest BCUT2D eigenvalue weighted by Gasteiger charge is -2.07. The monoisotopic (exact) mass is 255 g/mol. The number of rotatable bonds is 6. The summed E-state index contributed by atoms with van der Waals surface area (Å²) in [6, 6.07) is 3.10. The van der Waals surface area contributed by atoms with Crippen LogP contribution < -0.4 is 10.6 Å². The van der Waals surface area contributed by atoms with Crippen molar-refractivity contribution in [3.8, 4) is 0 Å². The predicted octanol–water partition coefficient (Wildman–Crippen LogP) is 1.67. The second-order valence-electron chi connectivity index (χ2n) is 3.66. The molecule has 0 aromatic heterocycles. The minimum Gasteiger partial charge on any atom is -0.376 e. The van der Waals surface area contributed by atoms with Crippen LogP contribution in [0, 0.1) is 15.9 Å². The van der Waals surface area contributed by atoms with Gasteiger partial charge in [0.05, 0.1) is 17.5 Å². The highest BCUT2D eigenvalue weighted by molar-refractivity contribution is 5.80. The van der Waals surface area contributed by atoms with E-state index in [9.17, 15) is 19.3 Å². The number of nitrogens with zero attached hydrogens (tertiary/aromatic N) is 1. The summed E-state index contributed by atoms with van der Waals surface area (Å²) in [6.07, 6.45) is 0.817. The molecular formula is C11H14FN3O3. The maximum atomic E-state index is 13.1. The second kappa shape index (κ2) is 6.53. The summed E-state index contributed by atoms with van der Waals surface area (Å²) in [5, 5.41) is 15.8. The molecular weight excluding hydrogens is 241 g/mol. The standard InChI is InChI=1S/C11H14FN3O3/c1-2-3-13-11(16)7-14-9-4-8(12)5-10(6-9)15(17)18/h4-6,14H,2-3,7H2,1H3,(H,13,16). The van der Waals surface area contributed by atoms with Crippen LogP contribution in [-0.2, 0) is 4.79 Å². The first-order chi connectivity index (χ1) is 8.52. The van der Waals surface area contributed by atoms with Crippen molar-refractivity contribution in [1.82, 2.24) is 5.32 Å². The van der Waals surface area contributed by atoms with Crippen LogP contribution in [-0.4, -0.2) is 23.9 Å². The van der Waals surface area contributed by atoms with E-state index in [4.69, 9.17) is 0 Å². The first-order valence-electron chi connectivity index (χ1n) is 5.48. The molecule has 0 spiro atoms. The highest BCUT2D eigenvalue weighted by Crippen LogP contribution is 2.19. The summed E-state index contributed by atoms with van der Waals surface area (Å²) in [5.41, 5.74) is -0.153. The summed E-state index contributed by atoms with van der Waals surface area (Å²) >= 11 is 0. The molecule has 0 aliphatic rings. The fraction of sp³-hybridized carbons (Fsp3) is 0.364. The smallest absolute Gasteiger partial charge is 0.274 e. The Labute approximate surface area is 103 Å². The van der Waals surface area contributed by atoms with Gasteiger partial charge in [0, 0.05) is 18.3 Å². The van der Waals surface area contributed by atoms with Crippen LogP contribution in [0.1, 0.15) is 13.3 Å². The van der Waals surface area contributed by atoms with E-state index in [1.807, 2.05) is 6.92 Å². The van der Waals surface area contributed by atoms with Crippen LogP contribution >= 0.6 is 0 Å². The van der Waals surface area contributed by atoms with Gasteiger partial charge < -0.3 is 10.6 Å². The van der Waals surface area contributed by atoms with Crippen LogP contribution in [0.15, 0.2) is 18.2 Å². The van der Waals surface area contributed by atoms with E-state index in [0.29, 0.717) is 6.54 Å². The third-order valence-corrected chi connectivity index (χ3v) is 2.12. The first kappa shape index (κ1) is 13.9. The molecule has 1 rings (SSSR count). The van der Waals surface area contributed by atoms with Gasteiger partial charge in [-0.15, -0.1) is 0 Å². The minimum atomic E-state index is -0.722. The average Bonchev–Trinajstić information content (AvgIpc) is 2.33. The van der Waals surface area contributed by atoms with E-state index < -0.39 is 10.7 Å². The van der Waals surface area contributed by atoms with Gasteiger partial charge in [-0.1, -0.05) is 6.92 Å². The molecule has 0 saturated carbocycles. The van der Waals surface area contributed by atoms with Crippen molar-refractivity contribution in [2.75, 3.05) is 18.4 Å². The third kappa shape index (κ3) is 4.36. The van der Waals surface area contributed by atoms with Gasteiger partial charge >= 0.3 is 0 Å². The normalized spacial score (nSPS) is 9.89. The van der Waals surface area contributed by atoms with Crippen molar-refractivity contribution < 1.29 is 14.1 Å². The molecule has 0 unspecified atom stereocenters. The molecule has 0 saturated heterocycles. The van der Waals surface area contributed by atoms with Crippen LogP contribution in [0.3, 0.4) is 0 Å². The van der Waals surface area contributed by atoms with Crippen molar-refractivity contribution >= 4 is 17.3 Å². The molecule has 0 bridgehead atoms. The van der Waals surface area contributed by atoms with E-state index >= 15 is 0 Å². The maximum absolute atomic E-state index is 13.1. The molecule has 98 valence electrons. The van der Waals surface area contributed by atoms with Crippen LogP contribution in [0.2, 0.25) is 0 Å². The van der Waals surface area contributed by atoms with Gasteiger partial charge in [0.15, 0.2) is 0 Å². The zero-order valence-corrected chi connectivity index (χ0v) is 9.90. The Morgan fingerprint density at radius 2 is 2.17 bits per heavy atom. The van der Waals surface area contributed by atoms with Crippen molar-refractivity contribution in [1.29, 1.82) is 0 Å². The first-order valence-corrected chi connectivity index (χ1v) is 5.48. The predicted molar refractivity (Wildman–Crippen MR) is 64.8 cm³/mol. The third-order valence-electron chi connectivity index (χ3n) is 2.12. The van der Waals surface area contributed by atoms with E-state index in [1.54, 1.807) is 0 Å². The number of benzene rings is 1. The van der Waals surface area contributed by atoms with Gasteiger partial charge in [0.1, 0.15) is 5.82 Å². The van der Waals surface area contributed by atoms with E-state index in [-0.39, 0.29) is 23.8 Å². The molecule has 2 N–H and O–H groups in total.